The molecule has 0 atom stereocenters. The Kier molecular flexibility index (Phi) is 2.69. The van der Waals surface area contributed by atoms with Gasteiger partial charge in [-0.15, -0.1) is 11.3 Å². The van der Waals surface area contributed by atoms with Crippen molar-refractivity contribution >= 4 is 17.2 Å². The highest BCUT2D eigenvalue weighted by molar-refractivity contribution is 7.14. The third-order valence-corrected chi connectivity index (χ3v) is 4.43. The molecule has 86 valence electrons. The molecule has 0 spiro atoms. The average molecular weight is 237 g/mol. The molecule has 0 aromatic carbocycles. The van der Waals surface area contributed by atoms with Crippen molar-refractivity contribution < 1.29 is 9.53 Å². The van der Waals surface area contributed by atoms with E-state index >= 15 is 0 Å². The van der Waals surface area contributed by atoms with E-state index < -0.39 is 0 Å². The van der Waals surface area contributed by atoms with E-state index in [2.05, 4.69) is 11.4 Å². The van der Waals surface area contributed by atoms with Gasteiger partial charge < -0.3 is 10.1 Å². The van der Waals surface area contributed by atoms with Gasteiger partial charge in [0, 0.05) is 4.88 Å². The Labute approximate surface area is 98.8 Å². The van der Waals surface area contributed by atoms with Gasteiger partial charge in [0.2, 0.25) is 0 Å². The summed E-state index contributed by atoms with van der Waals surface area (Å²) < 4.78 is 5.04. The lowest BCUT2D eigenvalue weighted by Gasteiger charge is -2.26. The van der Waals surface area contributed by atoms with Crippen LogP contribution in [0.1, 0.15) is 33.0 Å². The molecular weight excluding hydrogens is 222 g/mol. The van der Waals surface area contributed by atoms with E-state index in [9.17, 15) is 4.79 Å². The quantitative estimate of drug-likeness (QED) is 0.851. The highest BCUT2D eigenvalue weighted by Crippen LogP contribution is 2.29. The average Bonchev–Trinajstić information content (AvgIpc) is 2.66. The second-order valence-corrected chi connectivity index (χ2v) is 5.61. The Balaban J connectivity index is 1.72. The van der Waals surface area contributed by atoms with Crippen LogP contribution in [0.3, 0.4) is 0 Å². The van der Waals surface area contributed by atoms with Gasteiger partial charge in [0.1, 0.15) is 0 Å². The molecule has 1 aromatic rings. The lowest BCUT2D eigenvalue weighted by molar-refractivity contribution is -0.00339. The van der Waals surface area contributed by atoms with Crippen molar-refractivity contribution in [3.05, 3.63) is 21.4 Å². The Bertz CT molecular complexity index is 386. The summed E-state index contributed by atoms with van der Waals surface area (Å²) in [6.07, 6.45) is 4.83. The normalized spacial score (nSPS) is 20.0. The van der Waals surface area contributed by atoms with E-state index in [-0.39, 0.29) is 11.9 Å². The van der Waals surface area contributed by atoms with E-state index in [1.807, 2.05) is 0 Å². The van der Waals surface area contributed by atoms with E-state index in [0.717, 1.165) is 17.7 Å². The number of ether oxygens (including phenoxy) is 1. The van der Waals surface area contributed by atoms with Crippen LogP contribution in [0, 0.1) is 0 Å². The van der Waals surface area contributed by atoms with Crippen LogP contribution in [0.25, 0.3) is 0 Å². The first kappa shape index (κ1) is 10.3. The smallest absolute Gasteiger partial charge is 0.261 e. The van der Waals surface area contributed by atoms with Gasteiger partial charge in [0.15, 0.2) is 0 Å². The summed E-state index contributed by atoms with van der Waals surface area (Å²) >= 11 is 1.67. The first-order chi connectivity index (χ1) is 7.83. The lowest BCUT2D eigenvalue weighted by atomic mass is 9.99. The van der Waals surface area contributed by atoms with Gasteiger partial charge in [0.05, 0.1) is 24.1 Å². The molecule has 1 amide bonds. The molecule has 0 saturated carbocycles. The number of carbonyl (C=O) groups is 1. The molecule has 0 bridgehead atoms. The molecule has 16 heavy (non-hydrogen) atoms. The SMILES string of the molecule is O=C(NC1COC1)c1cc2c(s1)CCCC2. The van der Waals surface area contributed by atoms with Crippen LogP contribution in [0.4, 0.5) is 0 Å². The van der Waals surface area contributed by atoms with Crippen LogP contribution < -0.4 is 5.32 Å². The van der Waals surface area contributed by atoms with Crippen LogP contribution in [-0.4, -0.2) is 25.2 Å². The second-order valence-electron chi connectivity index (χ2n) is 4.47. The molecule has 4 heteroatoms. The molecule has 1 fully saturated rings. The Morgan fingerprint density at radius 3 is 2.88 bits per heavy atom. The zero-order valence-corrected chi connectivity index (χ0v) is 9.94. The van der Waals surface area contributed by atoms with Crippen molar-refractivity contribution in [1.29, 1.82) is 0 Å². The fourth-order valence-electron chi connectivity index (χ4n) is 2.18. The van der Waals surface area contributed by atoms with Gasteiger partial charge in [-0.25, -0.2) is 0 Å². The largest absolute Gasteiger partial charge is 0.377 e. The molecule has 0 radical (unpaired) electrons. The molecule has 1 saturated heterocycles. The maximum Gasteiger partial charge on any atom is 0.261 e. The van der Waals surface area contributed by atoms with E-state index in [1.54, 1.807) is 11.3 Å². The minimum absolute atomic E-state index is 0.0766. The van der Waals surface area contributed by atoms with Gasteiger partial charge in [-0.1, -0.05) is 0 Å². The highest BCUT2D eigenvalue weighted by Gasteiger charge is 2.23. The highest BCUT2D eigenvalue weighted by atomic mass is 32.1. The first-order valence-electron chi connectivity index (χ1n) is 5.83. The lowest BCUT2D eigenvalue weighted by Crippen LogP contribution is -2.48. The molecule has 2 heterocycles. The molecule has 1 aromatic heterocycles. The van der Waals surface area contributed by atoms with Crippen LogP contribution in [0.2, 0.25) is 0 Å². The standard InChI is InChI=1S/C12H15NO2S/c14-12(13-9-6-15-7-9)11-5-8-3-1-2-4-10(8)16-11/h5,9H,1-4,6-7H2,(H,13,14). The predicted molar refractivity (Wildman–Crippen MR) is 63.0 cm³/mol. The molecule has 0 unspecified atom stereocenters. The van der Waals surface area contributed by atoms with E-state index in [4.69, 9.17) is 4.74 Å². The Morgan fingerprint density at radius 2 is 2.19 bits per heavy atom. The zero-order valence-electron chi connectivity index (χ0n) is 9.12. The summed E-state index contributed by atoms with van der Waals surface area (Å²) in [5.41, 5.74) is 1.39. The number of nitrogens with one attached hydrogen (secondary N) is 1. The molecular formula is C12H15NO2S. The van der Waals surface area contributed by atoms with Crippen LogP contribution >= 0.6 is 11.3 Å². The second kappa shape index (κ2) is 4.18. The summed E-state index contributed by atoms with van der Waals surface area (Å²) in [7, 11) is 0. The van der Waals surface area contributed by atoms with Crippen molar-refractivity contribution in [2.45, 2.75) is 31.7 Å². The Hall–Kier alpha value is -0.870. The number of hydrogen-bond donors (Lipinski definition) is 1. The maximum atomic E-state index is 11.9. The van der Waals surface area contributed by atoms with E-state index in [0.29, 0.717) is 13.2 Å². The van der Waals surface area contributed by atoms with E-state index in [1.165, 1.54) is 23.3 Å². The predicted octanol–water partition coefficient (Wildman–Crippen LogP) is 1.76. The molecule has 1 N–H and O–H groups in total. The number of carbonyl (C=O) groups excluding carboxylic acids is 1. The third kappa shape index (κ3) is 1.87. The van der Waals surface area contributed by atoms with Gasteiger partial charge in [-0.2, -0.15) is 0 Å². The Morgan fingerprint density at radius 1 is 1.38 bits per heavy atom. The summed E-state index contributed by atoms with van der Waals surface area (Å²) in [6, 6.07) is 2.31. The fourth-order valence-corrected chi connectivity index (χ4v) is 3.33. The molecule has 3 rings (SSSR count). The molecule has 2 aliphatic rings. The number of fused-ring (bicyclic) bond motifs is 1. The summed E-state index contributed by atoms with van der Waals surface area (Å²) in [4.78, 5) is 14.2. The molecule has 1 aliphatic heterocycles. The monoisotopic (exact) mass is 237 g/mol. The molecule has 1 aliphatic carbocycles. The number of thiophene rings is 1. The van der Waals surface area contributed by atoms with Gasteiger partial charge >= 0.3 is 0 Å². The summed E-state index contributed by atoms with van der Waals surface area (Å²) in [6.45, 7) is 1.33. The number of hydrogen-bond acceptors (Lipinski definition) is 3. The van der Waals surface area contributed by atoms with Gasteiger partial charge in [-0.3, -0.25) is 4.79 Å². The fraction of sp³-hybridized carbons (Fsp3) is 0.583. The number of amides is 1. The van der Waals surface area contributed by atoms with Crippen molar-refractivity contribution in [2.75, 3.05) is 13.2 Å². The third-order valence-electron chi connectivity index (χ3n) is 3.19. The van der Waals surface area contributed by atoms with Crippen molar-refractivity contribution in [3.8, 4) is 0 Å². The summed E-state index contributed by atoms with van der Waals surface area (Å²) in [5.74, 6) is 0.0766. The first-order valence-corrected chi connectivity index (χ1v) is 6.65. The van der Waals surface area contributed by atoms with Gasteiger partial charge in [0.25, 0.3) is 5.91 Å². The minimum Gasteiger partial charge on any atom is -0.377 e. The number of rotatable bonds is 2. The van der Waals surface area contributed by atoms with Crippen LogP contribution in [0.5, 0.6) is 0 Å². The van der Waals surface area contributed by atoms with Crippen molar-refractivity contribution in [2.24, 2.45) is 0 Å². The van der Waals surface area contributed by atoms with Crippen molar-refractivity contribution in [1.82, 2.24) is 5.32 Å². The zero-order chi connectivity index (χ0) is 11.0. The molecule has 3 nitrogen and oxygen atoms in total. The maximum absolute atomic E-state index is 11.9. The van der Waals surface area contributed by atoms with Gasteiger partial charge in [-0.05, 0) is 37.3 Å². The van der Waals surface area contributed by atoms with Crippen LogP contribution in [-0.2, 0) is 17.6 Å². The number of aryl methyl sites for hydroxylation is 2. The minimum atomic E-state index is 0.0766. The summed E-state index contributed by atoms with van der Waals surface area (Å²) in [5, 5.41) is 2.99. The topological polar surface area (TPSA) is 38.3 Å². The van der Waals surface area contributed by atoms with Crippen LogP contribution in [0.15, 0.2) is 6.07 Å². The van der Waals surface area contributed by atoms with Crippen molar-refractivity contribution in [3.63, 3.8) is 0 Å².